The zero-order chi connectivity index (χ0) is 11.7. The number of Topliss-reactive ketones (excluding diaryl/α,β-unsaturated/α-hetero) is 1. The normalized spacial score (nSPS) is 14.8. The number of hydrogen-bond acceptors (Lipinski definition) is 2. The number of pyridine rings is 1. The van der Waals surface area contributed by atoms with Crippen LogP contribution in [0.1, 0.15) is 28.9 Å². The molecule has 1 saturated carbocycles. The lowest BCUT2D eigenvalue weighted by atomic mass is 10.1. The van der Waals surface area contributed by atoms with Crippen LogP contribution in [0.2, 0.25) is 0 Å². The van der Waals surface area contributed by atoms with Crippen LogP contribution in [0, 0.1) is 5.92 Å². The van der Waals surface area contributed by atoms with Gasteiger partial charge in [0.25, 0.3) is 0 Å². The Kier molecular flexibility index (Phi) is 2.52. The molecule has 0 radical (unpaired) electrons. The van der Waals surface area contributed by atoms with Crippen LogP contribution in [0.4, 0.5) is 0 Å². The highest BCUT2D eigenvalue weighted by Crippen LogP contribution is 2.32. The molecule has 0 aliphatic heterocycles. The molecule has 0 unspecified atom stereocenters. The molecule has 0 spiro atoms. The summed E-state index contributed by atoms with van der Waals surface area (Å²) in [6.07, 6.45) is 7.78. The van der Waals surface area contributed by atoms with Crippen LogP contribution in [0.5, 0.6) is 0 Å². The second kappa shape index (κ2) is 4.17. The minimum atomic E-state index is 0.292. The first-order valence-corrected chi connectivity index (χ1v) is 5.93. The predicted octanol–water partition coefficient (Wildman–Crippen LogP) is 2.52. The van der Waals surface area contributed by atoms with Crippen molar-refractivity contribution in [2.45, 2.75) is 19.4 Å². The molecule has 3 rings (SSSR count). The van der Waals surface area contributed by atoms with Crippen LogP contribution >= 0.6 is 0 Å². The van der Waals surface area contributed by atoms with E-state index >= 15 is 0 Å². The van der Waals surface area contributed by atoms with Crippen molar-refractivity contribution < 1.29 is 4.79 Å². The summed E-state index contributed by atoms with van der Waals surface area (Å²) in [5, 5.41) is 0. The summed E-state index contributed by atoms with van der Waals surface area (Å²) < 4.78 is 2.01. The fourth-order valence-electron chi connectivity index (χ4n) is 1.94. The van der Waals surface area contributed by atoms with Gasteiger partial charge in [-0.25, -0.2) is 0 Å². The maximum Gasteiger partial charge on any atom is 0.167 e. The van der Waals surface area contributed by atoms with E-state index in [1.165, 1.54) is 0 Å². The molecule has 1 fully saturated rings. The second-order valence-corrected chi connectivity index (χ2v) is 4.53. The van der Waals surface area contributed by atoms with Crippen LogP contribution in [0.3, 0.4) is 0 Å². The highest BCUT2D eigenvalue weighted by atomic mass is 16.1. The van der Waals surface area contributed by atoms with Gasteiger partial charge in [0.15, 0.2) is 5.78 Å². The van der Waals surface area contributed by atoms with Crippen molar-refractivity contribution in [2.75, 3.05) is 0 Å². The molecular weight excluding hydrogens is 212 g/mol. The quantitative estimate of drug-likeness (QED) is 0.751. The molecule has 1 aliphatic carbocycles. The van der Waals surface area contributed by atoms with Gasteiger partial charge in [0.2, 0.25) is 0 Å². The van der Waals surface area contributed by atoms with Gasteiger partial charge in [-0.3, -0.25) is 9.78 Å². The third-order valence-corrected chi connectivity index (χ3v) is 3.05. The van der Waals surface area contributed by atoms with E-state index in [4.69, 9.17) is 0 Å². The molecule has 86 valence electrons. The minimum Gasteiger partial charge on any atom is -0.348 e. The Morgan fingerprint density at radius 1 is 1.35 bits per heavy atom. The van der Waals surface area contributed by atoms with Gasteiger partial charge in [-0.15, -0.1) is 0 Å². The van der Waals surface area contributed by atoms with Crippen molar-refractivity contribution in [1.29, 1.82) is 0 Å². The summed E-state index contributed by atoms with van der Waals surface area (Å²) in [6, 6.07) is 7.77. The number of aromatic nitrogens is 2. The molecule has 0 saturated heterocycles. The van der Waals surface area contributed by atoms with Gasteiger partial charge < -0.3 is 4.57 Å². The molecule has 2 aromatic rings. The summed E-state index contributed by atoms with van der Waals surface area (Å²) in [7, 11) is 0. The standard InChI is InChI=1S/C14H14N2O/c17-14(11-4-5-11)12-6-8-16(9-12)10-13-3-1-2-7-15-13/h1-3,6-9,11H,4-5,10H2. The molecule has 0 atom stereocenters. The van der Waals surface area contributed by atoms with E-state index < -0.39 is 0 Å². The lowest BCUT2D eigenvalue weighted by Gasteiger charge is -2.01. The van der Waals surface area contributed by atoms with Crippen molar-refractivity contribution in [3.63, 3.8) is 0 Å². The highest BCUT2D eigenvalue weighted by molar-refractivity contribution is 5.99. The molecule has 3 nitrogen and oxygen atoms in total. The first kappa shape index (κ1) is 10.3. The van der Waals surface area contributed by atoms with Crippen molar-refractivity contribution >= 4 is 5.78 Å². The Hall–Kier alpha value is -1.90. The highest BCUT2D eigenvalue weighted by Gasteiger charge is 2.30. The van der Waals surface area contributed by atoms with Gasteiger partial charge in [0.05, 0.1) is 12.2 Å². The lowest BCUT2D eigenvalue weighted by Crippen LogP contribution is -2.01. The topological polar surface area (TPSA) is 34.9 Å². The number of carbonyl (C=O) groups is 1. The number of ketones is 1. The van der Waals surface area contributed by atoms with Crippen LogP contribution in [0.25, 0.3) is 0 Å². The number of nitrogens with zero attached hydrogens (tertiary/aromatic N) is 2. The van der Waals surface area contributed by atoms with Crippen molar-refractivity contribution in [3.05, 3.63) is 54.1 Å². The molecule has 3 heteroatoms. The van der Waals surface area contributed by atoms with Crippen molar-refractivity contribution in [2.24, 2.45) is 5.92 Å². The smallest absolute Gasteiger partial charge is 0.167 e. The fraction of sp³-hybridized carbons (Fsp3) is 0.286. The Morgan fingerprint density at radius 3 is 2.94 bits per heavy atom. The molecule has 17 heavy (non-hydrogen) atoms. The zero-order valence-corrected chi connectivity index (χ0v) is 9.54. The molecule has 1 aliphatic rings. The number of carbonyl (C=O) groups excluding carboxylic acids is 1. The van der Waals surface area contributed by atoms with Crippen molar-refractivity contribution in [1.82, 2.24) is 9.55 Å². The second-order valence-electron chi connectivity index (χ2n) is 4.53. The zero-order valence-electron chi connectivity index (χ0n) is 9.54. The van der Waals surface area contributed by atoms with E-state index in [1.807, 2.05) is 41.2 Å². The van der Waals surface area contributed by atoms with Gasteiger partial charge in [0.1, 0.15) is 0 Å². The molecule has 2 aromatic heterocycles. The van der Waals surface area contributed by atoms with Crippen LogP contribution < -0.4 is 0 Å². The van der Waals surface area contributed by atoms with Gasteiger partial charge in [0, 0.05) is 30.1 Å². The molecule has 0 bridgehead atoms. The summed E-state index contributed by atoms with van der Waals surface area (Å²) in [5.41, 5.74) is 1.84. The van der Waals surface area contributed by atoms with Crippen LogP contribution in [-0.4, -0.2) is 15.3 Å². The fourth-order valence-corrected chi connectivity index (χ4v) is 1.94. The average molecular weight is 226 g/mol. The summed E-state index contributed by atoms with van der Waals surface area (Å²) in [6.45, 7) is 0.721. The Morgan fingerprint density at radius 2 is 2.24 bits per heavy atom. The van der Waals surface area contributed by atoms with E-state index in [0.29, 0.717) is 11.7 Å². The minimum absolute atomic E-state index is 0.292. The van der Waals surface area contributed by atoms with Gasteiger partial charge >= 0.3 is 0 Å². The maximum absolute atomic E-state index is 11.8. The van der Waals surface area contributed by atoms with Crippen molar-refractivity contribution in [3.8, 4) is 0 Å². The Balaban J connectivity index is 1.74. The van der Waals surface area contributed by atoms with E-state index in [1.54, 1.807) is 6.20 Å². The average Bonchev–Trinajstić information content (AvgIpc) is 3.11. The third kappa shape index (κ3) is 2.28. The van der Waals surface area contributed by atoms with Gasteiger partial charge in [-0.05, 0) is 31.0 Å². The SMILES string of the molecule is O=C(c1ccn(Cc2ccccn2)c1)C1CC1. The Labute approximate surface area is 100 Å². The maximum atomic E-state index is 11.8. The van der Waals surface area contributed by atoms with Gasteiger partial charge in [-0.1, -0.05) is 6.07 Å². The van der Waals surface area contributed by atoms with E-state index in [9.17, 15) is 4.79 Å². The summed E-state index contributed by atoms with van der Waals surface area (Å²) in [5.74, 6) is 0.588. The largest absolute Gasteiger partial charge is 0.348 e. The number of rotatable bonds is 4. The lowest BCUT2D eigenvalue weighted by molar-refractivity contribution is 0.0967. The van der Waals surface area contributed by atoms with Gasteiger partial charge in [-0.2, -0.15) is 0 Å². The van der Waals surface area contributed by atoms with E-state index in [0.717, 1.165) is 30.6 Å². The molecule has 0 amide bonds. The van der Waals surface area contributed by atoms with Crippen LogP contribution in [-0.2, 0) is 6.54 Å². The predicted molar refractivity (Wildman–Crippen MR) is 64.8 cm³/mol. The third-order valence-electron chi connectivity index (χ3n) is 3.05. The molecule has 2 heterocycles. The first-order chi connectivity index (χ1) is 8.33. The molecular formula is C14H14N2O. The monoisotopic (exact) mass is 226 g/mol. The molecule has 0 N–H and O–H groups in total. The summed E-state index contributed by atoms with van der Waals surface area (Å²) >= 11 is 0. The Bertz CT molecular complexity index is 526. The van der Waals surface area contributed by atoms with Crippen LogP contribution in [0.15, 0.2) is 42.9 Å². The number of hydrogen-bond donors (Lipinski definition) is 0. The van der Waals surface area contributed by atoms with E-state index in [-0.39, 0.29) is 0 Å². The summed E-state index contributed by atoms with van der Waals surface area (Å²) in [4.78, 5) is 16.1. The first-order valence-electron chi connectivity index (χ1n) is 5.93. The molecule has 0 aromatic carbocycles. The van der Waals surface area contributed by atoms with E-state index in [2.05, 4.69) is 4.98 Å².